The lowest BCUT2D eigenvalue weighted by Gasteiger charge is -2.12. The van der Waals surface area contributed by atoms with Gasteiger partial charge in [0.2, 0.25) is 3.79 Å². The zero-order valence-corrected chi connectivity index (χ0v) is 12.5. The summed E-state index contributed by atoms with van der Waals surface area (Å²) in [5.41, 5.74) is 0.635. The number of amides is 1. The van der Waals surface area contributed by atoms with Crippen molar-refractivity contribution in [1.29, 1.82) is 0 Å². The van der Waals surface area contributed by atoms with Crippen molar-refractivity contribution >= 4 is 51.8 Å². The maximum atomic E-state index is 11.5. The first-order chi connectivity index (χ1) is 7.70. The molecule has 1 aromatic rings. The summed E-state index contributed by atoms with van der Waals surface area (Å²) in [6, 6.07) is 1.66. The zero-order chi connectivity index (χ0) is 13.2. The lowest BCUT2D eigenvalue weighted by Crippen LogP contribution is -2.17. The number of aryl methyl sites for hydroxylation is 1. The van der Waals surface area contributed by atoms with Crippen LogP contribution in [0.4, 0.5) is 4.79 Å². The van der Waals surface area contributed by atoms with Crippen molar-refractivity contribution in [2.45, 2.75) is 15.7 Å². The van der Waals surface area contributed by atoms with Gasteiger partial charge in [0.05, 0.1) is 0 Å². The van der Waals surface area contributed by atoms with Crippen LogP contribution in [0.15, 0.2) is 11.1 Å². The quantitative estimate of drug-likeness (QED) is 0.453. The number of halogens is 3. The van der Waals surface area contributed by atoms with Crippen molar-refractivity contribution in [1.82, 2.24) is 14.9 Å². The van der Waals surface area contributed by atoms with Gasteiger partial charge >= 0.3 is 0 Å². The second-order valence-electron chi connectivity index (χ2n) is 3.43. The Morgan fingerprint density at radius 2 is 1.94 bits per heavy atom. The molecule has 1 aromatic heterocycles. The fraction of sp³-hybridized carbons (Fsp3) is 0.444. The monoisotopic (exact) mass is 313 g/mol. The SMILES string of the molecule is Cc1cc(SC(=O)N(C)C)nc(C(Cl)(Cl)Cl)n1. The molecular formula is C9H10Cl3N3OS. The first kappa shape index (κ1) is 14.8. The van der Waals surface area contributed by atoms with Crippen LogP contribution < -0.4 is 0 Å². The van der Waals surface area contributed by atoms with E-state index in [9.17, 15) is 4.79 Å². The third kappa shape index (κ3) is 4.50. The largest absolute Gasteiger partial charge is 0.339 e. The van der Waals surface area contributed by atoms with Gasteiger partial charge in [0.25, 0.3) is 5.24 Å². The molecular weight excluding hydrogens is 305 g/mol. The van der Waals surface area contributed by atoms with E-state index in [1.165, 1.54) is 4.90 Å². The molecule has 0 saturated carbocycles. The van der Waals surface area contributed by atoms with Crippen LogP contribution in [0.25, 0.3) is 0 Å². The highest BCUT2D eigenvalue weighted by molar-refractivity contribution is 8.13. The highest BCUT2D eigenvalue weighted by Gasteiger charge is 2.27. The van der Waals surface area contributed by atoms with Crippen molar-refractivity contribution in [3.8, 4) is 0 Å². The summed E-state index contributed by atoms with van der Waals surface area (Å²) in [5.74, 6) is 0.0663. The Bertz CT molecular complexity index is 434. The maximum absolute atomic E-state index is 11.5. The maximum Gasteiger partial charge on any atom is 0.287 e. The number of carbonyl (C=O) groups is 1. The fourth-order valence-electron chi connectivity index (χ4n) is 0.899. The smallest absolute Gasteiger partial charge is 0.287 e. The van der Waals surface area contributed by atoms with Crippen LogP contribution in [0.2, 0.25) is 0 Å². The Hall–Kier alpha value is -0.230. The van der Waals surface area contributed by atoms with E-state index < -0.39 is 3.79 Å². The van der Waals surface area contributed by atoms with Crippen LogP contribution in [0.5, 0.6) is 0 Å². The highest BCUT2D eigenvalue weighted by atomic mass is 35.6. The van der Waals surface area contributed by atoms with Crippen molar-refractivity contribution in [2.75, 3.05) is 14.1 Å². The average molecular weight is 315 g/mol. The summed E-state index contributed by atoms with van der Waals surface area (Å²) in [6.45, 7) is 1.74. The van der Waals surface area contributed by atoms with Crippen molar-refractivity contribution in [2.24, 2.45) is 0 Å². The minimum Gasteiger partial charge on any atom is -0.339 e. The van der Waals surface area contributed by atoms with E-state index in [4.69, 9.17) is 34.8 Å². The van der Waals surface area contributed by atoms with E-state index in [1.54, 1.807) is 27.1 Å². The van der Waals surface area contributed by atoms with Gasteiger partial charge in [-0.2, -0.15) is 0 Å². The molecule has 1 amide bonds. The fourth-order valence-corrected chi connectivity index (χ4v) is 1.88. The molecule has 0 atom stereocenters. The summed E-state index contributed by atoms with van der Waals surface area (Å²) in [7, 11) is 3.30. The standard InChI is InChI=1S/C9H10Cl3N3OS/c1-5-4-6(17-8(16)15(2)3)14-7(13-5)9(10,11)12/h4H,1-3H3. The molecule has 4 nitrogen and oxygen atoms in total. The number of rotatable bonds is 1. The van der Waals surface area contributed by atoms with Gasteiger partial charge in [0.1, 0.15) is 5.03 Å². The van der Waals surface area contributed by atoms with Gasteiger partial charge in [-0.25, -0.2) is 9.97 Å². The Morgan fingerprint density at radius 1 is 1.35 bits per heavy atom. The van der Waals surface area contributed by atoms with E-state index in [0.29, 0.717) is 10.7 Å². The summed E-state index contributed by atoms with van der Waals surface area (Å²) in [4.78, 5) is 21.0. The third-order valence-corrected chi connectivity index (χ3v) is 3.11. The molecule has 0 saturated heterocycles. The number of carbonyl (C=O) groups excluding carboxylic acids is 1. The molecule has 0 radical (unpaired) electrons. The Morgan fingerprint density at radius 3 is 2.41 bits per heavy atom. The van der Waals surface area contributed by atoms with Crippen LogP contribution >= 0.6 is 46.6 Å². The predicted octanol–water partition coefficient (Wildman–Crippen LogP) is 3.39. The molecule has 1 rings (SSSR count). The van der Waals surface area contributed by atoms with Gasteiger partial charge in [-0.15, -0.1) is 0 Å². The lowest BCUT2D eigenvalue weighted by atomic mass is 10.4. The normalized spacial score (nSPS) is 11.4. The van der Waals surface area contributed by atoms with Gasteiger partial charge in [-0.1, -0.05) is 34.8 Å². The Labute approximate surface area is 119 Å². The third-order valence-electron chi connectivity index (χ3n) is 1.64. The number of hydrogen-bond acceptors (Lipinski definition) is 4. The molecule has 0 unspecified atom stereocenters. The highest BCUT2D eigenvalue weighted by Crippen LogP contribution is 2.36. The molecule has 0 aliphatic carbocycles. The Kier molecular flexibility index (Phi) is 4.89. The first-order valence-corrected chi connectivity index (χ1v) is 6.47. The summed E-state index contributed by atoms with van der Waals surface area (Å²) in [6.07, 6.45) is 0. The van der Waals surface area contributed by atoms with Crippen LogP contribution in [-0.4, -0.2) is 34.2 Å². The minimum atomic E-state index is -1.69. The summed E-state index contributed by atoms with van der Waals surface area (Å²) >= 11 is 18.1. The second-order valence-corrected chi connectivity index (χ2v) is 6.68. The molecule has 8 heteroatoms. The predicted molar refractivity (Wildman–Crippen MR) is 70.9 cm³/mol. The minimum absolute atomic E-state index is 0.0663. The molecule has 0 spiro atoms. The summed E-state index contributed by atoms with van der Waals surface area (Å²) in [5, 5.41) is 0.302. The van der Waals surface area contributed by atoms with Crippen LogP contribution in [-0.2, 0) is 3.79 Å². The van der Waals surface area contributed by atoms with Crippen LogP contribution in [0.3, 0.4) is 0 Å². The van der Waals surface area contributed by atoms with Crippen molar-refractivity contribution < 1.29 is 4.79 Å². The van der Waals surface area contributed by atoms with Crippen LogP contribution in [0, 0.1) is 6.92 Å². The summed E-state index contributed by atoms with van der Waals surface area (Å²) < 4.78 is -1.69. The molecule has 0 bridgehead atoms. The number of hydrogen-bond donors (Lipinski definition) is 0. The number of aromatic nitrogens is 2. The van der Waals surface area contributed by atoms with E-state index in [1.807, 2.05) is 0 Å². The van der Waals surface area contributed by atoms with Gasteiger partial charge in [0, 0.05) is 19.8 Å². The van der Waals surface area contributed by atoms with Gasteiger partial charge < -0.3 is 4.90 Å². The first-order valence-electron chi connectivity index (χ1n) is 4.52. The van der Waals surface area contributed by atoms with E-state index >= 15 is 0 Å². The lowest BCUT2D eigenvalue weighted by molar-refractivity contribution is 0.241. The average Bonchev–Trinajstić information content (AvgIpc) is 2.15. The van der Waals surface area contributed by atoms with Crippen molar-refractivity contribution in [3.05, 3.63) is 17.6 Å². The number of thioether (sulfide) groups is 1. The van der Waals surface area contributed by atoms with Gasteiger partial charge in [-0.3, -0.25) is 4.79 Å². The molecule has 17 heavy (non-hydrogen) atoms. The molecule has 0 aromatic carbocycles. The molecule has 0 aliphatic heterocycles. The topological polar surface area (TPSA) is 46.1 Å². The van der Waals surface area contributed by atoms with E-state index in [0.717, 1.165) is 11.8 Å². The second kappa shape index (κ2) is 5.61. The molecule has 0 N–H and O–H groups in total. The molecule has 1 heterocycles. The number of nitrogens with zero attached hydrogens (tertiary/aromatic N) is 3. The molecule has 0 fully saturated rings. The van der Waals surface area contributed by atoms with E-state index in [-0.39, 0.29) is 11.1 Å². The molecule has 0 aliphatic rings. The Balaban J connectivity index is 3.02. The van der Waals surface area contributed by atoms with Crippen molar-refractivity contribution in [3.63, 3.8) is 0 Å². The zero-order valence-electron chi connectivity index (χ0n) is 9.37. The van der Waals surface area contributed by atoms with E-state index in [2.05, 4.69) is 9.97 Å². The van der Waals surface area contributed by atoms with Crippen LogP contribution in [0.1, 0.15) is 11.5 Å². The number of alkyl halides is 3. The molecule has 94 valence electrons. The van der Waals surface area contributed by atoms with Gasteiger partial charge in [-0.05, 0) is 24.8 Å². The van der Waals surface area contributed by atoms with Gasteiger partial charge in [0.15, 0.2) is 5.82 Å².